The van der Waals surface area contributed by atoms with Gasteiger partial charge in [0.2, 0.25) is 5.82 Å². The standard InChI is InChI=1S/C11H5ClF6N4O2/c12-6-2-1-5(7(3-6)22(23)24)4-21-9(11(16,17)18)19-8(20-21)10(13,14)15/h1-3H,4H2. The van der Waals surface area contributed by atoms with Gasteiger partial charge in [0.25, 0.3) is 11.5 Å². The lowest BCUT2D eigenvalue weighted by molar-refractivity contribution is -0.385. The van der Waals surface area contributed by atoms with Crippen LogP contribution in [0.15, 0.2) is 18.2 Å². The van der Waals surface area contributed by atoms with Gasteiger partial charge in [0.05, 0.1) is 17.0 Å². The molecule has 0 spiro atoms. The quantitative estimate of drug-likeness (QED) is 0.463. The maximum Gasteiger partial charge on any atom is 0.453 e. The van der Waals surface area contributed by atoms with Crippen molar-refractivity contribution in [3.8, 4) is 0 Å². The van der Waals surface area contributed by atoms with E-state index in [1.165, 1.54) is 0 Å². The molecule has 0 amide bonds. The van der Waals surface area contributed by atoms with E-state index in [4.69, 9.17) is 11.6 Å². The molecule has 1 aromatic carbocycles. The summed E-state index contributed by atoms with van der Waals surface area (Å²) in [6.07, 6.45) is -10.4. The molecule has 2 rings (SSSR count). The summed E-state index contributed by atoms with van der Waals surface area (Å²) in [6, 6.07) is 3.04. The first-order chi connectivity index (χ1) is 10.9. The molecule has 0 bridgehead atoms. The number of nitro groups is 1. The van der Waals surface area contributed by atoms with Crippen LogP contribution >= 0.6 is 11.6 Å². The molecule has 0 fully saturated rings. The van der Waals surface area contributed by atoms with E-state index in [1.807, 2.05) is 0 Å². The van der Waals surface area contributed by atoms with E-state index in [0.717, 1.165) is 18.2 Å². The number of nitro benzene ring substituents is 1. The number of alkyl halides is 6. The Balaban J connectivity index is 2.54. The Hall–Kier alpha value is -2.37. The van der Waals surface area contributed by atoms with Crippen molar-refractivity contribution in [1.82, 2.24) is 14.8 Å². The minimum absolute atomic E-state index is 0.0592. The molecule has 0 unspecified atom stereocenters. The summed E-state index contributed by atoms with van der Waals surface area (Å²) in [5.41, 5.74) is -0.965. The lowest BCUT2D eigenvalue weighted by Crippen LogP contribution is -2.17. The molecule has 13 heteroatoms. The summed E-state index contributed by atoms with van der Waals surface area (Å²) in [6.45, 7) is -0.939. The van der Waals surface area contributed by atoms with Gasteiger partial charge in [0, 0.05) is 11.1 Å². The fourth-order valence-electron chi connectivity index (χ4n) is 1.78. The van der Waals surface area contributed by atoms with E-state index < -0.39 is 41.2 Å². The molecule has 2 aromatic rings. The van der Waals surface area contributed by atoms with Gasteiger partial charge in [-0.15, -0.1) is 5.10 Å². The molecule has 24 heavy (non-hydrogen) atoms. The molecule has 1 aromatic heterocycles. The van der Waals surface area contributed by atoms with Gasteiger partial charge in [-0.2, -0.15) is 31.3 Å². The fraction of sp³-hybridized carbons (Fsp3) is 0.273. The summed E-state index contributed by atoms with van der Waals surface area (Å²) >= 11 is 5.56. The summed E-state index contributed by atoms with van der Waals surface area (Å²) in [5, 5.41) is 13.6. The molecular weight excluding hydrogens is 370 g/mol. The summed E-state index contributed by atoms with van der Waals surface area (Å²) < 4.78 is 76.0. The van der Waals surface area contributed by atoms with Crippen molar-refractivity contribution in [2.45, 2.75) is 18.9 Å². The second-order valence-electron chi connectivity index (χ2n) is 4.44. The molecule has 0 radical (unpaired) electrons. The van der Waals surface area contributed by atoms with Crippen molar-refractivity contribution in [1.29, 1.82) is 0 Å². The van der Waals surface area contributed by atoms with Gasteiger partial charge >= 0.3 is 12.4 Å². The van der Waals surface area contributed by atoms with Crippen molar-refractivity contribution in [3.05, 3.63) is 50.5 Å². The van der Waals surface area contributed by atoms with Crippen LogP contribution in [0, 0.1) is 10.1 Å². The van der Waals surface area contributed by atoms with Crippen molar-refractivity contribution < 1.29 is 31.3 Å². The first-order valence-corrected chi connectivity index (χ1v) is 6.29. The van der Waals surface area contributed by atoms with Crippen LogP contribution in [-0.2, 0) is 18.9 Å². The van der Waals surface area contributed by atoms with Crippen LogP contribution in [0.5, 0.6) is 0 Å². The van der Waals surface area contributed by atoms with Crippen molar-refractivity contribution in [2.75, 3.05) is 0 Å². The van der Waals surface area contributed by atoms with Crippen LogP contribution < -0.4 is 0 Å². The third kappa shape index (κ3) is 3.75. The maximum atomic E-state index is 12.8. The first kappa shape index (κ1) is 18.0. The van der Waals surface area contributed by atoms with Crippen LogP contribution in [0.25, 0.3) is 0 Å². The second-order valence-corrected chi connectivity index (χ2v) is 4.88. The highest BCUT2D eigenvalue weighted by atomic mass is 35.5. The molecule has 6 nitrogen and oxygen atoms in total. The molecule has 0 aliphatic carbocycles. The minimum Gasteiger partial charge on any atom is -0.258 e. The van der Waals surface area contributed by atoms with E-state index in [2.05, 4.69) is 10.1 Å². The summed E-state index contributed by atoms with van der Waals surface area (Å²) in [4.78, 5) is 12.4. The molecule has 0 saturated carbocycles. The fourth-order valence-corrected chi connectivity index (χ4v) is 1.95. The maximum absolute atomic E-state index is 12.8. The van der Waals surface area contributed by atoms with Gasteiger partial charge < -0.3 is 0 Å². The zero-order valence-electron chi connectivity index (χ0n) is 11.2. The minimum atomic E-state index is -5.22. The number of aromatic nitrogens is 3. The molecule has 0 aliphatic heterocycles. The Morgan fingerprint density at radius 2 is 1.79 bits per heavy atom. The van der Waals surface area contributed by atoms with Gasteiger partial charge in [-0.05, 0) is 12.1 Å². The highest BCUT2D eigenvalue weighted by molar-refractivity contribution is 6.30. The SMILES string of the molecule is O=[N+]([O-])c1cc(Cl)ccc1Cn1nc(C(F)(F)F)nc1C(F)(F)F. The lowest BCUT2D eigenvalue weighted by Gasteiger charge is -2.09. The molecular formula is C11H5ClF6N4O2. The third-order valence-corrected chi connectivity index (χ3v) is 2.98. The van der Waals surface area contributed by atoms with Crippen molar-refractivity contribution in [2.24, 2.45) is 0 Å². The van der Waals surface area contributed by atoms with Crippen molar-refractivity contribution in [3.63, 3.8) is 0 Å². The average molecular weight is 375 g/mol. The number of rotatable bonds is 3. The van der Waals surface area contributed by atoms with E-state index in [-0.39, 0.29) is 15.3 Å². The number of nitrogens with zero attached hydrogens (tertiary/aromatic N) is 4. The Morgan fingerprint density at radius 3 is 2.29 bits per heavy atom. The van der Waals surface area contributed by atoms with Crippen LogP contribution in [-0.4, -0.2) is 19.7 Å². The summed E-state index contributed by atoms with van der Waals surface area (Å²) in [7, 11) is 0. The van der Waals surface area contributed by atoms with Crippen molar-refractivity contribution >= 4 is 17.3 Å². The van der Waals surface area contributed by atoms with Crippen LogP contribution in [0.3, 0.4) is 0 Å². The van der Waals surface area contributed by atoms with Gasteiger partial charge in [-0.3, -0.25) is 10.1 Å². The lowest BCUT2D eigenvalue weighted by atomic mass is 10.2. The molecule has 0 atom stereocenters. The van der Waals surface area contributed by atoms with Crippen LogP contribution in [0.2, 0.25) is 5.02 Å². The zero-order chi connectivity index (χ0) is 18.3. The normalized spacial score (nSPS) is 12.5. The van der Waals surface area contributed by atoms with E-state index in [9.17, 15) is 36.5 Å². The average Bonchev–Trinajstić information content (AvgIpc) is 2.84. The van der Waals surface area contributed by atoms with Gasteiger partial charge in [0.15, 0.2) is 0 Å². The largest absolute Gasteiger partial charge is 0.453 e. The van der Waals surface area contributed by atoms with E-state index in [1.54, 1.807) is 0 Å². The van der Waals surface area contributed by atoms with Gasteiger partial charge in [-0.25, -0.2) is 4.68 Å². The Kier molecular flexibility index (Phi) is 4.44. The van der Waals surface area contributed by atoms with Crippen LogP contribution in [0.4, 0.5) is 32.0 Å². The first-order valence-electron chi connectivity index (χ1n) is 5.91. The van der Waals surface area contributed by atoms with E-state index >= 15 is 0 Å². The molecule has 1 heterocycles. The topological polar surface area (TPSA) is 73.8 Å². The Labute approximate surface area is 133 Å². The second kappa shape index (κ2) is 5.92. The van der Waals surface area contributed by atoms with Crippen LogP contribution in [0.1, 0.15) is 17.2 Å². The number of hydrogen-bond donors (Lipinski definition) is 0. The number of hydrogen-bond acceptors (Lipinski definition) is 4. The zero-order valence-corrected chi connectivity index (χ0v) is 11.9. The highest BCUT2D eigenvalue weighted by Gasteiger charge is 2.44. The number of benzene rings is 1. The Bertz CT molecular complexity index is 786. The predicted octanol–water partition coefficient (Wildman–Crippen LogP) is 3.93. The predicted molar refractivity (Wildman–Crippen MR) is 67.2 cm³/mol. The van der Waals surface area contributed by atoms with Gasteiger partial charge in [0.1, 0.15) is 0 Å². The summed E-state index contributed by atoms with van der Waals surface area (Å²) in [5.74, 6) is -3.91. The molecule has 0 N–H and O–H groups in total. The third-order valence-electron chi connectivity index (χ3n) is 2.74. The number of halogens is 7. The molecule has 0 aliphatic rings. The molecule has 130 valence electrons. The Morgan fingerprint density at radius 1 is 1.17 bits per heavy atom. The van der Waals surface area contributed by atoms with Gasteiger partial charge in [-0.1, -0.05) is 11.6 Å². The van der Waals surface area contributed by atoms with E-state index in [0.29, 0.717) is 0 Å². The molecule has 0 saturated heterocycles. The monoisotopic (exact) mass is 374 g/mol. The smallest absolute Gasteiger partial charge is 0.258 e. The highest BCUT2D eigenvalue weighted by Crippen LogP contribution is 2.33.